The van der Waals surface area contributed by atoms with Crippen molar-refractivity contribution in [2.24, 2.45) is 0 Å². The summed E-state index contributed by atoms with van der Waals surface area (Å²) < 4.78 is 13.4. The van der Waals surface area contributed by atoms with Gasteiger partial charge in [-0.1, -0.05) is 23.8 Å². The molecule has 0 saturated heterocycles. The maximum absolute atomic E-state index is 13.4. The number of rotatable bonds is 5. The van der Waals surface area contributed by atoms with Crippen LogP contribution in [0.4, 0.5) is 4.39 Å². The lowest BCUT2D eigenvalue weighted by atomic mass is 9.92. The van der Waals surface area contributed by atoms with Crippen molar-refractivity contribution in [1.82, 2.24) is 0 Å². The van der Waals surface area contributed by atoms with Crippen molar-refractivity contribution in [2.45, 2.75) is 25.7 Å². The van der Waals surface area contributed by atoms with Gasteiger partial charge in [0.05, 0.1) is 5.92 Å². The van der Waals surface area contributed by atoms with Gasteiger partial charge in [-0.2, -0.15) is 0 Å². The summed E-state index contributed by atoms with van der Waals surface area (Å²) in [5, 5.41) is 9.07. The Labute approximate surface area is 94.4 Å². The number of carboxylic acids is 1. The summed E-state index contributed by atoms with van der Waals surface area (Å²) in [6.07, 6.45) is 0.969. The average Bonchev–Trinajstić information content (AvgIpc) is 2.20. The zero-order valence-corrected chi connectivity index (χ0v) is 9.24. The molecule has 0 amide bonds. The molecule has 1 atom stereocenters. The monoisotopic (exact) mass is 222 g/mol. The lowest BCUT2D eigenvalue weighted by Gasteiger charge is -2.13. The van der Waals surface area contributed by atoms with Crippen molar-refractivity contribution in [3.05, 3.63) is 47.8 Å². The van der Waals surface area contributed by atoms with Gasteiger partial charge in [-0.15, -0.1) is 6.58 Å². The van der Waals surface area contributed by atoms with Crippen LogP contribution in [0.1, 0.15) is 31.2 Å². The normalized spacial score (nSPS) is 12.1. The molecule has 1 rings (SSSR count). The average molecular weight is 222 g/mol. The number of hydrogen-bond donors (Lipinski definition) is 1. The molecule has 2 nitrogen and oxygen atoms in total. The Morgan fingerprint density at radius 3 is 2.62 bits per heavy atom. The van der Waals surface area contributed by atoms with Gasteiger partial charge in [-0.25, -0.2) is 4.39 Å². The van der Waals surface area contributed by atoms with Crippen LogP contribution in [0.15, 0.2) is 36.4 Å². The molecule has 1 aromatic rings. The summed E-state index contributed by atoms with van der Waals surface area (Å²) in [4.78, 5) is 11.1. The van der Waals surface area contributed by atoms with E-state index in [4.69, 9.17) is 5.11 Å². The molecule has 1 N–H and O–H groups in total. The number of halogens is 1. The minimum Gasteiger partial charge on any atom is -0.481 e. The van der Waals surface area contributed by atoms with Crippen LogP contribution in [0, 0.1) is 5.82 Å². The first-order valence-corrected chi connectivity index (χ1v) is 5.14. The van der Waals surface area contributed by atoms with Crippen LogP contribution in [0.5, 0.6) is 0 Å². The summed E-state index contributed by atoms with van der Waals surface area (Å²) >= 11 is 0. The molecule has 3 heteroatoms. The molecule has 0 bridgehead atoms. The topological polar surface area (TPSA) is 37.3 Å². The standard InChI is InChI=1S/C13H15FO2/c1-9(2)7-8-11(13(15)16)10-5-3-4-6-12(10)14/h3-6,11H,1,7-8H2,2H3,(H,15,16). The fourth-order valence-electron chi connectivity index (χ4n) is 1.56. The molecule has 1 unspecified atom stereocenters. The van der Waals surface area contributed by atoms with Crippen LogP contribution >= 0.6 is 0 Å². The number of aliphatic carboxylic acids is 1. The Morgan fingerprint density at radius 1 is 1.50 bits per heavy atom. The lowest BCUT2D eigenvalue weighted by Crippen LogP contribution is -2.13. The quantitative estimate of drug-likeness (QED) is 0.776. The van der Waals surface area contributed by atoms with Crippen molar-refractivity contribution >= 4 is 5.97 Å². The van der Waals surface area contributed by atoms with E-state index in [0.717, 1.165) is 5.57 Å². The minimum absolute atomic E-state index is 0.247. The molecule has 0 spiro atoms. The van der Waals surface area contributed by atoms with Crippen LogP contribution in [0.2, 0.25) is 0 Å². The molecule has 0 aromatic heterocycles. The summed E-state index contributed by atoms with van der Waals surface area (Å²) in [6.45, 7) is 5.55. The van der Waals surface area contributed by atoms with Crippen molar-refractivity contribution in [3.63, 3.8) is 0 Å². The number of carbonyl (C=O) groups is 1. The highest BCUT2D eigenvalue weighted by atomic mass is 19.1. The van der Waals surface area contributed by atoms with E-state index >= 15 is 0 Å². The fraction of sp³-hybridized carbons (Fsp3) is 0.308. The molecule has 0 aliphatic heterocycles. The zero-order valence-electron chi connectivity index (χ0n) is 9.24. The van der Waals surface area contributed by atoms with Crippen LogP contribution in [-0.2, 0) is 4.79 Å². The smallest absolute Gasteiger partial charge is 0.311 e. The summed E-state index contributed by atoms with van der Waals surface area (Å²) in [5.41, 5.74) is 1.15. The third-order valence-electron chi connectivity index (χ3n) is 2.44. The molecule has 0 radical (unpaired) electrons. The predicted octanol–water partition coefficient (Wildman–Crippen LogP) is 3.35. The highest BCUT2D eigenvalue weighted by molar-refractivity contribution is 5.76. The Balaban J connectivity index is 2.90. The van der Waals surface area contributed by atoms with Crippen LogP contribution in [-0.4, -0.2) is 11.1 Å². The van der Waals surface area contributed by atoms with Gasteiger partial charge in [-0.3, -0.25) is 4.79 Å². The fourth-order valence-corrected chi connectivity index (χ4v) is 1.56. The predicted molar refractivity (Wildman–Crippen MR) is 60.8 cm³/mol. The molecule has 86 valence electrons. The highest BCUT2D eigenvalue weighted by Crippen LogP contribution is 2.25. The largest absolute Gasteiger partial charge is 0.481 e. The van der Waals surface area contributed by atoms with E-state index in [1.807, 2.05) is 6.92 Å². The lowest BCUT2D eigenvalue weighted by molar-refractivity contribution is -0.139. The van der Waals surface area contributed by atoms with Gasteiger partial charge in [0.25, 0.3) is 0 Å². The van der Waals surface area contributed by atoms with Crippen molar-refractivity contribution in [2.75, 3.05) is 0 Å². The molecule has 0 aliphatic carbocycles. The third-order valence-corrected chi connectivity index (χ3v) is 2.44. The van der Waals surface area contributed by atoms with Gasteiger partial charge in [0.2, 0.25) is 0 Å². The number of benzene rings is 1. The van der Waals surface area contributed by atoms with Crippen LogP contribution in [0.25, 0.3) is 0 Å². The minimum atomic E-state index is -0.994. The number of allylic oxidation sites excluding steroid dienone is 1. The van der Waals surface area contributed by atoms with Gasteiger partial charge >= 0.3 is 5.97 Å². The summed E-state index contributed by atoms with van der Waals surface area (Å²) in [6, 6.07) is 6.00. The first-order chi connectivity index (χ1) is 7.52. The van der Waals surface area contributed by atoms with Gasteiger partial charge < -0.3 is 5.11 Å². The van der Waals surface area contributed by atoms with Crippen LogP contribution < -0.4 is 0 Å². The van der Waals surface area contributed by atoms with E-state index in [1.54, 1.807) is 12.1 Å². The second-order valence-corrected chi connectivity index (χ2v) is 3.91. The maximum Gasteiger partial charge on any atom is 0.311 e. The molecule has 0 aliphatic rings. The second kappa shape index (κ2) is 5.45. The molecule has 0 fully saturated rings. The number of hydrogen-bond acceptors (Lipinski definition) is 1. The third kappa shape index (κ3) is 3.19. The van der Waals surface area contributed by atoms with Crippen molar-refractivity contribution in [3.8, 4) is 0 Å². The van der Waals surface area contributed by atoms with E-state index < -0.39 is 17.7 Å². The van der Waals surface area contributed by atoms with Gasteiger partial charge in [-0.05, 0) is 25.8 Å². The highest BCUT2D eigenvalue weighted by Gasteiger charge is 2.22. The Bertz CT molecular complexity index is 399. The molecule has 0 saturated carbocycles. The molecule has 0 heterocycles. The number of carboxylic acid groups (broad SMARTS) is 1. The van der Waals surface area contributed by atoms with Crippen molar-refractivity contribution in [1.29, 1.82) is 0 Å². The van der Waals surface area contributed by atoms with E-state index in [1.165, 1.54) is 12.1 Å². The second-order valence-electron chi connectivity index (χ2n) is 3.91. The Morgan fingerprint density at radius 2 is 2.12 bits per heavy atom. The van der Waals surface area contributed by atoms with Gasteiger partial charge in [0.1, 0.15) is 5.82 Å². The van der Waals surface area contributed by atoms with E-state index in [-0.39, 0.29) is 5.56 Å². The molecular weight excluding hydrogens is 207 g/mol. The zero-order chi connectivity index (χ0) is 12.1. The summed E-state index contributed by atoms with van der Waals surface area (Å²) in [5.74, 6) is -2.25. The molecular formula is C13H15FO2. The Kier molecular flexibility index (Phi) is 4.23. The summed E-state index contributed by atoms with van der Waals surface area (Å²) in [7, 11) is 0. The van der Waals surface area contributed by atoms with E-state index in [0.29, 0.717) is 12.8 Å². The van der Waals surface area contributed by atoms with E-state index in [9.17, 15) is 9.18 Å². The molecule has 16 heavy (non-hydrogen) atoms. The van der Waals surface area contributed by atoms with Crippen LogP contribution in [0.3, 0.4) is 0 Å². The first kappa shape index (κ1) is 12.4. The van der Waals surface area contributed by atoms with Gasteiger partial charge in [0, 0.05) is 5.56 Å². The van der Waals surface area contributed by atoms with E-state index in [2.05, 4.69) is 6.58 Å². The van der Waals surface area contributed by atoms with Gasteiger partial charge in [0.15, 0.2) is 0 Å². The first-order valence-electron chi connectivity index (χ1n) is 5.14. The maximum atomic E-state index is 13.4. The Hall–Kier alpha value is -1.64. The molecule has 1 aromatic carbocycles. The SMILES string of the molecule is C=C(C)CCC(C(=O)O)c1ccccc1F. The van der Waals surface area contributed by atoms with Crippen molar-refractivity contribution < 1.29 is 14.3 Å².